The summed E-state index contributed by atoms with van der Waals surface area (Å²) in [7, 11) is -3.67. The van der Waals surface area contributed by atoms with Gasteiger partial charge in [-0.05, 0) is 17.9 Å². The Balaban J connectivity index is 0.00000200. The average Bonchev–Trinajstić information content (AvgIpc) is 2.43. The molecule has 0 unspecified atom stereocenters. The fourth-order valence-corrected chi connectivity index (χ4v) is 3.16. The number of hydrogen-bond acceptors (Lipinski definition) is 3. The largest absolute Gasteiger partial charge is 1.00 e. The van der Waals surface area contributed by atoms with Gasteiger partial charge in [0, 0.05) is 5.39 Å². The number of hydrogen-bond donors (Lipinski definition) is 0. The maximum absolute atomic E-state index is 12.2. The summed E-state index contributed by atoms with van der Waals surface area (Å²) in [6.45, 7) is 2.32. The first-order chi connectivity index (χ1) is 9.15. The molecule has 20 heavy (non-hydrogen) atoms. The van der Waals surface area contributed by atoms with Gasteiger partial charge in [-0.3, -0.25) is 4.18 Å². The molecule has 0 aliphatic carbocycles. The van der Waals surface area contributed by atoms with Gasteiger partial charge in [-0.2, -0.15) is 8.42 Å². The summed E-state index contributed by atoms with van der Waals surface area (Å²) in [6.07, 6.45) is 2.78. The molecule has 0 atom stereocenters. The molecule has 0 aromatic heterocycles. The first-order valence-electron chi connectivity index (χ1n) is 6.52. The van der Waals surface area contributed by atoms with Crippen LogP contribution in [0.2, 0.25) is 0 Å². The number of rotatable bonds is 6. The number of unbranched alkanes of at least 4 members (excludes halogenated alkanes) is 2. The van der Waals surface area contributed by atoms with Crippen molar-refractivity contribution in [2.24, 2.45) is 0 Å². The Morgan fingerprint density at radius 3 is 2.50 bits per heavy atom. The monoisotopic (exact) mass is 302 g/mol. The summed E-state index contributed by atoms with van der Waals surface area (Å²) < 4.78 is 29.5. The second-order valence-electron chi connectivity index (χ2n) is 4.46. The van der Waals surface area contributed by atoms with Crippen LogP contribution >= 0.6 is 0 Å². The first-order valence-corrected chi connectivity index (χ1v) is 7.93. The van der Waals surface area contributed by atoms with Crippen LogP contribution in [0.25, 0.3) is 10.8 Å². The zero-order chi connectivity index (χ0) is 13.7. The van der Waals surface area contributed by atoms with Gasteiger partial charge in [0.1, 0.15) is 4.90 Å². The maximum atomic E-state index is 12.2. The van der Waals surface area contributed by atoms with Gasteiger partial charge in [0.25, 0.3) is 10.1 Å². The van der Waals surface area contributed by atoms with E-state index in [2.05, 4.69) is 6.92 Å². The third-order valence-corrected chi connectivity index (χ3v) is 4.38. The van der Waals surface area contributed by atoms with Crippen LogP contribution in [0.4, 0.5) is 0 Å². The molecular formula is C15H19NaO3S. The van der Waals surface area contributed by atoms with Crippen LogP contribution < -0.4 is 29.6 Å². The second-order valence-corrected chi connectivity index (χ2v) is 6.04. The van der Waals surface area contributed by atoms with Crippen molar-refractivity contribution in [3.05, 3.63) is 42.5 Å². The molecule has 104 valence electrons. The summed E-state index contributed by atoms with van der Waals surface area (Å²) in [5.41, 5.74) is 0. The minimum absolute atomic E-state index is 0. The third-order valence-electron chi connectivity index (χ3n) is 3.01. The molecule has 0 radical (unpaired) electrons. The van der Waals surface area contributed by atoms with Gasteiger partial charge in [0.05, 0.1) is 6.61 Å². The van der Waals surface area contributed by atoms with Crippen molar-refractivity contribution in [3.63, 3.8) is 0 Å². The predicted octanol–water partition coefficient (Wildman–Crippen LogP) is 0.852. The van der Waals surface area contributed by atoms with E-state index in [4.69, 9.17) is 4.18 Å². The van der Waals surface area contributed by atoms with E-state index in [0.29, 0.717) is 5.39 Å². The van der Waals surface area contributed by atoms with E-state index >= 15 is 0 Å². The molecule has 5 heteroatoms. The minimum atomic E-state index is -3.67. The van der Waals surface area contributed by atoms with Crippen molar-refractivity contribution in [1.29, 1.82) is 0 Å². The van der Waals surface area contributed by atoms with Gasteiger partial charge in [-0.25, -0.2) is 0 Å². The Morgan fingerprint density at radius 1 is 1.05 bits per heavy atom. The summed E-state index contributed by atoms with van der Waals surface area (Å²) in [4.78, 5) is 0.252. The fraction of sp³-hybridized carbons (Fsp3) is 0.333. The fourth-order valence-electron chi connectivity index (χ4n) is 2.00. The van der Waals surface area contributed by atoms with Crippen LogP contribution in [0.3, 0.4) is 0 Å². The van der Waals surface area contributed by atoms with Crippen LogP contribution in [0.1, 0.15) is 27.6 Å². The molecular weight excluding hydrogens is 283 g/mol. The van der Waals surface area contributed by atoms with E-state index in [0.717, 1.165) is 24.6 Å². The summed E-state index contributed by atoms with van der Waals surface area (Å²) in [5, 5.41) is 1.61. The molecule has 2 aromatic carbocycles. The molecule has 0 heterocycles. The molecule has 0 saturated heterocycles. The standard InChI is InChI=1S/C15H18O3S.Na.H/c1-2-3-6-12-18-19(16,17)15-11-7-9-13-8-4-5-10-14(13)15;;/h4-5,7-11H,2-3,6,12H2,1H3;;/q;+1;-1. The molecule has 0 aliphatic heterocycles. The second kappa shape index (κ2) is 8.15. The van der Waals surface area contributed by atoms with Crippen molar-refractivity contribution < 1.29 is 43.6 Å². The molecule has 3 nitrogen and oxygen atoms in total. The van der Waals surface area contributed by atoms with E-state index in [1.807, 2.05) is 24.3 Å². The van der Waals surface area contributed by atoms with Crippen LogP contribution in [-0.4, -0.2) is 15.0 Å². The van der Waals surface area contributed by atoms with Crippen molar-refractivity contribution in [3.8, 4) is 0 Å². The molecule has 2 rings (SSSR count). The molecule has 0 spiro atoms. The number of fused-ring (bicyclic) bond motifs is 1. The SMILES string of the molecule is CCCCCOS(=O)(=O)c1cccc2ccccc12.[H-].[Na+]. The van der Waals surface area contributed by atoms with Crippen molar-refractivity contribution in [2.45, 2.75) is 31.1 Å². The van der Waals surface area contributed by atoms with Gasteiger partial charge >= 0.3 is 29.6 Å². The smallest absolute Gasteiger partial charge is 1.00 e. The first kappa shape index (κ1) is 17.7. The Kier molecular flexibility index (Phi) is 7.20. The van der Waals surface area contributed by atoms with Crippen LogP contribution in [0, 0.1) is 0 Å². The van der Waals surface area contributed by atoms with Crippen molar-refractivity contribution in [2.75, 3.05) is 6.61 Å². The number of benzene rings is 2. The molecule has 0 aliphatic rings. The third kappa shape index (κ3) is 4.30. The Labute approximate surface area is 144 Å². The zero-order valence-electron chi connectivity index (χ0n) is 13.0. The minimum Gasteiger partial charge on any atom is -1.00 e. The molecule has 0 bridgehead atoms. The molecule has 0 N–H and O–H groups in total. The van der Waals surface area contributed by atoms with Crippen molar-refractivity contribution >= 4 is 20.9 Å². The average molecular weight is 302 g/mol. The van der Waals surface area contributed by atoms with Crippen molar-refractivity contribution in [1.82, 2.24) is 0 Å². The maximum Gasteiger partial charge on any atom is 1.00 e. The Bertz CT molecular complexity index is 654. The molecule has 0 saturated carbocycles. The quantitative estimate of drug-likeness (QED) is 0.451. The van der Waals surface area contributed by atoms with Crippen LogP contribution in [0.5, 0.6) is 0 Å². The van der Waals surface area contributed by atoms with Gasteiger partial charge in [-0.15, -0.1) is 0 Å². The zero-order valence-corrected chi connectivity index (χ0v) is 14.8. The van der Waals surface area contributed by atoms with E-state index in [1.165, 1.54) is 0 Å². The topological polar surface area (TPSA) is 43.4 Å². The summed E-state index contributed by atoms with van der Waals surface area (Å²) in [6, 6.07) is 12.6. The van der Waals surface area contributed by atoms with Crippen LogP contribution in [0.15, 0.2) is 47.4 Å². The van der Waals surface area contributed by atoms with Gasteiger partial charge in [-0.1, -0.05) is 56.2 Å². The molecule has 0 fully saturated rings. The summed E-state index contributed by atoms with van der Waals surface area (Å²) >= 11 is 0. The molecule has 2 aromatic rings. The van der Waals surface area contributed by atoms with E-state index in [-0.39, 0.29) is 42.5 Å². The van der Waals surface area contributed by atoms with Gasteiger partial charge in [0.15, 0.2) is 0 Å². The predicted molar refractivity (Wildman–Crippen MR) is 77.7 cm³/mol. The van der Waals surface area contributed by atoms with E-state index in [9.17, 15) is 8.42 Å². The van der Waals surface area contributed by atoms with Crippen LogP contribution in [-0.2, 0) is 14.3 Å². The Hall–Kier alpha value is -0.390. The van der Waals surface area contributed by atoms with Gasteiger partial charge < -0.3 is 1.43 Å². The van der Waals surface area contributed by atoms with E-state index < -0.39 is 10.1 Å². The van der Waals surface area contributed by atoms with E-state index in [1.54, 1.807) is 18.2 Å². The Morgan fingerprint density at radius 2 is 1.75 bits per heavy atom. The normalized spacial score (nSPS) is 11.2. The summed E-state index contributed by atoms with van der Waals surface area (Å²) in [5.74, 6) is 0. The molecule has 0 amide bonds. The van der Waals surface area contributed by atoms with Gasteiger partial charge in [0.2, 0.25) is 0 Å².